The summed E-state index contributed by atoms with van der Waals surface area (Å²) in [7, 11) is 0. The summed E-state index contributed by atoms with van der Waals surface area (Å²) in [6.07, 6.45) is -1.91. The molecule has 0 spiro atoms. The maximum absolute atomic E-state index is 12.1. The number of aromatic nitrogens is 6. The molecule has 2 N–H and O–H groups in total. The van der Waals surface area contributed by atoms with Gasteiger partial charge in [0.25, 0.3) is 5.82 Å². The summed E-state index contributed by atoms with van der Waals surface area (Å²) in [5.41, 5.74) is 1.03. The van der Waals surface area contributed by atoms with Gasteiger partial charge in [-0.2, -0.15) is 26.3 Å². The Kier molecular flexibility index (Phi) is 5.84. The van der Waals surface area contributed by atoms with Crippen LogP contribution in [-0.4, -0.2) is 46.8 Å². The Bertz CT molecular complexity index is 874. The molecule has 0 atom stereocenters. The lowest BCUT2D eigenvalue weighted by molar-refractivity contribution is -0.144. The van der Waals surface area contributed by atoms with Crippen molar-refractivity contribution >= 4 is 17.3 Å². The molecule has 9 nitrogen and oxygen atoms in total. The van der Waals surface area contributed by atoms with Crippen molar-refractivity contribution in [3.63, 3.8) is 0 Å². The first kappa shape index (κ1) is 20.0. The van der Waals surface area contributed by atoms with Gasteiger partial charge in [-0.3, -0.25) is 15.2 Å². The number of nitrogens with one attached hydrogen (secondary N) is 1. The number of aliphatic imine (C=N–C) groups is 1. The smallest absolute Gasteiger partial charge is 0.290 e. The molecule has 0 aromatic carbocycles. The van der Waals surface area contributed by atoms with Crippen LogP contribution in [-0.2, 0) is 6.18 Å². The Morgan fingerprint density at radius 1 is 1.04 bits per heavy atom. The van der Waals surface area contributed by atoms with Crippen molar-refractivity contribution in [3.8, 4) is 0 Å². The molecule has 0 saturated heterocycles. The van der Waals surface area contributed by atoms with Gasteiger partial charge in [-0.1, -0.05) is 0 Å². The molecule has 144 valence electrons. The summed E-state index contributed by atoms with van der Waals surface area (Å²) in [5.74, 6) is -2.94. The van der Waals surface area contributed by atoms with Crippen molar-refractivity contribution in [1.82, 2.24) is 35.0 Å². The third-order valence-electron chi connectivity index (χ3n) is 2.55. The van der Waals surface area contributed by atoms with Gasteiger partial charge in [0.05, 0.1) is 12.4 Å². The predicted molar refractivity (Wildman–Crippen MR) is 75.9 cm³/mol. The van der Waals surface area contributed by atoms with Crippen molar-refractivity contribution in [2.24, 2.45) is 4.99 Å². The minimum absolute atomic E-state index is 0.0785. The zero-order valence-corrected chi connectivity index (χ0v) is 12.8. The molecule has 3 rings (SSSR count). The Hall–Kier alpha value is -3.36. The highest BCUT2D eigenvalue weighted by Gasteiger charge is 2.36. The molecule has 0 fully saturated rings. The predicted octanol–water partition coefficient (Wildman–Crippen LogP) is 2.19. The lowest BCUT2D eigenvalue weighted by Crippen LogP contribution is -2.34. The van der Waals surface area contributed by atoms with Crippen molar-refractivity contribution in [2.45, 2.75) is 12.4 Å². The molecule has 0 amide bonds. The number of alkyl halides is 6. The first-order valence-corrected chi connectivity index (χ1v) is 6.67. The number of hydrogen-bond donors (Lipinski definition) is 2. The first-order valence-electron chi connectivity index (χ1n) is 6.67. The standard InChI is InChI=1S/C6H5F3N4O.C6H3F3N4/c7-6(8,9)5(13-14)12-4-3-10-1-2-11-4;7-6(8,9)5-11-4-3-10-1-2-13(4)12-5/h1-3,14H,(H,11,12,13);1-3H. The van der Waals surface area contributed by atoms with Crippen LogP contribution in [0.25, 0.3) is 5.65 Å². The molecule has 0 aliphatic heterocycles. The highest BCUT2D eigenvalue weighted by molar-refractivity contribution is 5.88. The fourth-order valence-corrected chi connectivity index (χ4v) is 1.48. The van der Waals surface area contributed by atoms with Crippen LogP contribution in [0.1, 0.15) is 5.82 Å². The van der Waals surface area contributed by atoms with Crippen LogP contribution in [0.4, 0.5) is 32.2 Å². The lowest BCUT2D eigenvalue weighted by atomic mass is 10.5. The Balaban J connectivity index is 0.000000194. The Morgan fingerprint density at radius 3 is 2.26 bits per heavy atom. The van der Waals surface area contributed by atoms with Gasteiger partial charge in [0.15, 0.2) is 11.5 Å². The molecular weight excluding hydrogens is 386 g/mol. The van der Waals surface area contributed by atoms with E-state index in [9.17, 15) is 26.3 Å². The van der Waals surface area contributed by atoms with E-state index < -0.39 is 24.0 Å². The number of halogens is 6. The topological polar surface area (TPSA) is 113 Å². The van der Waals surface area contributed by atoms with Crippen LogP contribution in [0.5, 0.6) is 0 Å². The number of amidine groups is 1. The molecule has 15 heteroatoms. The maximum atomic E-state index is 12.1. The van der Waals surface area contributed by atoms with Crippen LogP contribution in [0.3, 0.4) is 0 Å². The summed E-state index contributed by atoms with van der Waals surface area (Å²) in [4.78, 5) is 16.9. The van der Waals surface area contributed by atoms with Gasteiger partial charge in [-0.05, 0) is 0 Å². The molecule has 27 heavy (non-hydrogen) atoms. The fourth-order valence-electron chi connectivity index (χ4n) is 1.48. The second-order valence-corrected chi connectivity index (χ2v) is 4.45. The summed E-state index contributed by atoms with van der Waals surface area (Å²) in [5, 5.41) is 11.4. The lowest BCUT2D eigenvalue weighted by Gasteiger charge is -2.07. The van der Waals surface area contributed by atoms with Gasteiger partial charge in [0.2, 0.25) is 5.84 Å². The van der Waals surface area contributed by atoms with E-state index in [0.29, 0.717) is 0 Å². The minimum atomic E-state index is -4.76. The van der Waals surface area contributed by atoms with Gasteiger partial charge in [0, 0.05) is 24.8 Å². The van der Waals surface area contributed by atoms with E-state index in [1.54, 1.807) is 0 Å². The molecule has 0 radical (unpaired) electrons. The molecule has 3 aromatic rings. The van der Waals surface area contributed by atoms with Gasteiger partial charge >= 0.3 is 12.4 Å². The highest BCUT2D eigenvalue weighted by Crippen LogP contribution is 2.26. The monoisotopic (exact) mass is 394 g/mol. The van der Waals surface area contributed by atoms with Gasteiger partial charge in [-0.15, -0.1) is 5.10 Å². The van der Waals surface area contributed by atoms with Gasteiger partial charge in [0.1, 0.15) is 0 Å². The average molecular weight is 394 g/mol. The second-order valence-electron chi connectivity index (χ2n) is 4.45. The van der Waals surface area contributed by atoms with Crippen LogP contribution in [0.15, 0.2) is 42.2 Å². The molecule has 0 bridgehead atoms. The van der Waals surface area contributed by atoms with Gasteiger partial charge in [-0.25, -0.2) is 25.0 Å². The van der Waals surface area contributed by atoms with Crippen molar-refractivity contribution in [3.05, 3.63) is 43.0 Å². The average Bonchev–Trinajstić information content (AvgIpc) is 3.05. The molecule has 0 saturated carbocycles. The third kappa shape index (κ3) is 5.56. The Labute approximate surface area is 145 Å². The summed E-state index contributed by atoms with van der Waals surface area (Å²) >= 11 is 0. The molecule has 0 unspecified atom stereocenters. The van der Waals surface area contributed by atoms with Crippen LogP contribution in [0, 0.1) is 0 Å². The van der Waals surface area contributed by atoms with E-state index in [1.165, 1.54) is 31.0 Å². The Morgan fingerprint density at radius 2 is 1.74 bits per heavy atom. The van der Waals surface area contributed by atoms with Crippen LogP contribution < -0.4 is 5.48 Å². The number of nitrogens with zero attached hydrogens (tertiary/aromatic N) is 7. The highest BCUT2D eigenvalue weighted by atomic mass is 19.4. The van der Waals surface area contributed by atoms with E-state index in [1.807, 2.05) is 0 Å². The number of fused-ring (bicyclic) bond motifs is 1. The van der Waals surface area contributed by atoms with Crippen molar-refractivity contribution < 1.29 is 31.5 Å². The van der Waals surface area contributed by atoms with Gasteiger partial charge < -0.3 is 0 Å². The molecule has 3 heterocycles. The summed E-state index contributed by atoms with van der Waals surface area (Å²) < 4.78 is 73.2. The van der Waals surface area contributed by atoms with Crippen LogP contribution >= 0.6 is 0 Å². The fraction of sp³-hybridized carbons (Fsp3) is 0.167. The molecule has 3 aromatic heterocycles. The number of hydrogen-bond acceptors (Lipinski definition) is 7. The zero-order valence-electron chi connectivity index (χ0n) is 12.8. The summed E-state index contributed by atoms with van der Waals surface area (Å²) in [6, 6.07) is 0. The normalized spacial score (nSPS) is 12.5. The second kappa shape index (κ2) is 7.90. The summed E-state index contributed by atoms with van der Waals surface area (Å²) in [6.45, 7) is 0. The van der Waals surface area contributed by atoms with Crippen molar-refractivity contribution in [2.75, 3.05) is 0 Å². The van der Waals surface area contributed by atoms with E-state index >= 15 is 0 Å². The zero-order chi connectivity index (χ0) is 20.1. The largest absolute Gasteiger partial charge is 0.453 e. The first-order chi connectivity index (χ1) is 12.6. The number of hydroxylamine groups is 1. The van der Waals surface area contributed by atoms with Crippen LogP contribution in [0.2, 0.25) is 0 Å². The van der Waals surface area contributed by atoms with E-state index in [2.05, 4.69) is 30.0 Å². The number of rotatable bonds is 1. The maximum Gasteiger partial charge on any atom is 0.453 e. The molecule has 0 aliphatic carbocycles. The minimum Gasteiger partial charge on any atom is -0.290 e. The SMILES string of the molecule is FC(F)(F)c1nc2cnccn2n1.ONC(=Nc1cnccn1)C(F)(F)F. The van der Waals surface area contributed by atoms with E-state index in [0.717, 1.165) is 16.2 Å². The van der Waals surface area contributed by atoms with E-state index in [4.69, 9.17) is 5.21 Å². The van der Waals surface area contributed by atoms with Crippen molar-refractivity contribution in [1.29, 1.82) is 0 Å². The quantitative estimate of drug-likeness (QED) is 0.282. The molecule has 0 aliphatic rings. The molecular formula is C12H8F6N8O. The van der Waals surface area contributed by atoms with E-state index in [-0.39, 0.29) is 11.5 Å². The third-order valence-corrected chi connectivity index (χ3v) is 2.55.